The molecule has 18 heavy (non-hydrogen) atoms. The number of nitrogens with zero attached hydrogens (tertiary/aromatic N) is 1. The first kappa shape index (κ1) is 14.5. The average molecular weight is 251 g/mol. The first-order chi connectivity index (χ1) is 8.69. The Balaban J connectivity index is 2.37. The van der Waals surface area contributed by atoms with Gasteiger partial charge in [0.15, 0.2) is 0 Å². The van der Waals surface area contributed by atoms with E-state index in [-0.39, 0.29) is 12.5 Å². The number of aryl methyl sites for hydroxylation is 1. The van der Waals surface area contributed by atoms with E-state index >= 15 is 0 Å². The van der Waals surface area contributed by atoms with Crippen molar-refractivity contribution < 1.29 is 14.6 Å². The van der Waals surface area contributed by atoms with Crippen molar-refractivity contribution in [3.63, 3.8) is 0 Å². The molecule has 1 aromatic rings. The van der Waals surface area contributed by atoms with Crippen LogP contribution >= 0.6 is 0 Å². The van der Waals surface area contributed by atoms with Gasteiger partial charge in [-0.05, 0) is 25.5 Å². The fourth-order valence-electron chi connectivity index (χ4n) is 1.70. The van der Waals surface area contributed by atoms with Gasteiger partial charge in [-0.3, -0.25) is 4.79 Å². The predicted octanol–water partition coefficient (Wildman–Crippen LogP) is 1.60. The number of aliphatic hydroxyl groups is 1. The second-order valence-corrected chi connectivity index (χ2v) is 4.06. The molecule has 0 heterocycles. The van der Waals surface area contributed by atoms with Gasteiger partial charge in [0.05, 0.1) is 19.6 Å². The highest BCUT2D eigenvalue weighted by Crippen LogP contribution is 2.16. The first-order valence-electron chi connectivity index (χ1n) is 6.26. The van der Waals surface area contributed by atoms with E-state index in [1.165, 1.54) is 0 Å². The largest absolute Gasteiger partial charge is 0.493 e. The number of likely N-dealkylation sites (N-methyl/N-ethyl adjacent to an activating group) is 1. The predicted molar refractivity (Wildman–Crippen MR) is 70.6 cm³/mol. The number of hydrogen-bond donors (Lipinski definition) is 1. The van der Waals surface area contributed by atoms with Crippen molar-refractivity contribution in [2.75, 3.05) is 26.3 Å². The molecular weight excluding hydrogens is 230 g/mol. The minimum absolute atomic E-state index is 0.00176. The maximum atomic E-state index is 11.8. The molecule has 0 atom stereocenters. The van der Waals surface area contributed by atoms with E-state index in [0.29, 0.717) is 26.1 Å². The van der Waals surface area contributed by atoms with Gasteiger partial charge >= 0.3 is 0 Å². The van der Waals surface area contributed by atoms with Crippen LogP contribution in [0.2, 0.25) is 0 Å². The van der Waals surface area contributed by atoms with Gasteiger partial charge in [0.1, 0.15) is 5.75 Å². The van der Waals surface area contributed by atoms with Crippen LogP contribution in [0.1, 0.15) is 18.9 Å². The molecule has 0 aromatic heterocycles. The molecule has 0 spiro atoms. The molecule has 4 nitrogen and oxygen atoms in total. The van der Waals surface area contributed by atoms with Crippen LogP contribution in [0.4, 0.5) is 0 Å². The maximum absolute atomic E-state index is 11.8. The van der Waals surface area contributed by atoms with Gasteiger partial charge in [0.25, 0.3) is 0 Å². The third kappa shape index (κ3) is 4.37. The molecule has 1 N–H and O–H groups in total. The Morgan fingerprint density at radius 3 is 2.72 bits per heavy atom. The van der Waals surface area contributed by atoms with E-state index in [9.17, 15) is 4.79 Å². The third-order valence-corrected chi connectivity index (χ3v) is 2.77. The van der Waals surface area contributed by atoms with Gasteiger partial charge in [-0.15, -0.1) is 0 Å². The minimum Gasteiger partial charge on any atom is -0.493 e. The Hall–Kier alpha value is -1.55. The number of benzene rings is 1. The number of amides is 1. The summed E-state index contributed by atoms with van der Waals surface area (Å²) in [5, 5.41) is 8.83. The lowest BCUT2D eigenvalue weighted by atomic mass is 10.2. The average Bonchev–Trinajstić information content (AvgIpc) is 2.38. The van der Waals surface area contributed by atoms with Crippen LogP contribution in [0.15, 0.2) is 24.3 Å². The van der Waals surface area contributed by atoms with Crippen LogP contribution < -0.4 is 4.74 Å². The Morgan fingerprint density at radius 1 is 1.39 bits per heavy atom. The topological polar surface area (TPSA) is 49.8 Å². The van der Waals surface area contributed by atoms with E-state index in [0.717, 1.165) is 11.3 Å². The second kappa shape index (κ2) is 7.71. The molecule has 0 aliphatic carbocycles. The third-order valence-electron chi connectivity index (χ3n) is 2.77. The van der Waals surface area contributed by atoms with Crippen LogP contribution in [0.3, 0.4) is 0 Å². The lowest BCUT2D eigenvalue weighted by molar-refractivity contribution is -0.132. The number of ether oxygens (including phenoxy) is 1. The number of carbonyl (C=O) groups excluding carboxylic acids is 1. The zero-order valence-electron chi connectivity index (χ0n) is 11.1. The van der Waals surface area contributed by atoms with Crippen molar-refractivity contribution in [3.8, 4) is 5.75 Å². The van der Waals surface area contributed by atoms with Crippen LogP contribution in [0.25, 0.3) is 0 Å². The van der Waals surface area contributed by atoms with Crippen molar-refractivity contribution >= 4 is 5.91 Å². The number of aliphatic hydroxyl groups excluding tert-OH is 1. The highest BCUT2D eigenvalue weighted by atomic mass is 16.5. The number of hydrogen-bond acceptors (Lipinski definition) is 3. The summed E-state index contributed by atoms with van der Waals surface area (Å²) in [6.07, 6.45) is 0.335. The summed E-state index contributed by atoms with van der Waals surface area (Å²) in [6.45, 7) is 5.24. The van der Waals surface area contributed by atoms with E-state index in [2.05, 4.69) is 0 Å². The van der Waals surface area contributed by atoms with Crippen LogP contribution in [0.5, 0.6) is 5.75 Å². The lowest BCUT2D eigenvalue weighted by Gasteiger charge is -2.19. The summed E-state index contributed by atoms with van der Waals surface area (Å²) >= 11 is 0. The van der Waals surface area contributed by atoms with Gasteiger partial charge in [-0.2, -0.15) is 0 Å². The van der Waals surface area contributed by atoms with Gasteiger partial charge in [0, 0.05) is 13.1 Å². The maximum Gasteiger partial charge on any atom is 0.226 e. The lowest BCUT2D eigenvalue weighted by Crippen LogP contribution is -2.34. The van der Waals surface area contributed by atoms with Crippen molar-refractivity contribution in [2.24, 2.45) is 0 Å². The molecule has 0 fully saturated rings. The van der Waals surface area contributed by atoms with Crippen LogP contribution in [-0.2, 0) is 4.79 Å². The molecule has 1 aromatic carbocycles. The SMILES string of the molecule is CCN(CCO)C(=O)CCOc1ccccc1C. The normalized spacial score (nSPS) is 10.2. The molecule has 1 amide bonds. The van der Waals surface area contributed by atoms with Crippen molar-refractivity contribution in [2.45, 2.75) is 20.3 Å². The molecule has 0 aliphatic rings. The number of rotatable bonds is 7. The highest BCUT2D eigenvalue weighted by molar-refractivity contribution is 5.76. The van der Waals surface area contributed by atoms with E-state index in [1.54, 1.807) is 4.90 Å². The Labute approximate surface area is 108 Å². The standard InChI is InChI=1S/C14H21NO3/c1-3-15(9-10-16)14(17)8-11-18-13-7-5-4-6-12(13)2/h4-7,16H,3,8-11H2,1-2H3. The molecular formula is C14H21NO3. The zero-order valence-corrected chi connectivity index (χ0v) is 11.1. The fraction of sp³-hybridized carbons (Fsp3) is 0.500. The van der Waals surface area contributed by atoms with Gasteiger partial charge in [-0.25, -0.2) is 0 Å². The molecule has 0 unspecified atom stereocenters. The molecule has 0 saturated carbocycles. The smallest absolute Gasteiger partial charge is 0.226 e. The monoisotopic (exact) mass is 251 g/mol. The molecule has 0 saturated heterocycles. The highest BCUT2D eigenvalue weighted by Gasteiger charge is 2.10. The van der Waals surface area contributed by atoms with Crippen molar-refractivity contribution in [1.29, 1.82) is 0 Å². The van der Waals surface area contributed by atoms with E-state index in [4.69, 9.17) is 9.84 Å². The quantitative estimate of drug-likeness (QED) is 0.801. The molecule has 0 bridgehead atoms. The molecule has 0 aliphatic heterocycles. The summed E-state index contributed by atoms with van der Waals surface area (Å²) in [5.41, 5.74) is 1.06. The Morgan fingerprint density at radius 2 is 2.11 bits per heavy atom. The summed E-state index contributed by atoms with van der Waals surface area (Å²) < 4.78 is 5.57. The second-order valence-electron chi connectivity index (χ2n) is 4.06. The first-order valence-corrected chi connectivity index (χ1v) is 6.26. The Kier molecular flexibility index (Phi) is 6.22. The summed E-state index contributed by atoms with van der Waals surface area (Å²) in [7, 11) is 0. The van der Waals surface area contributed by atoms with Crippen molar-refractivity contribution in [1.82, 2.24) is 4.90 Å². The molecule has 100 valence electrons. The molecule has 1 rings (SSSR count). The van der Waals surface area contributed by atoms with Gasteiger partial charge in [0.2, 0.25) is 5.91 Å². The summed E-state index contributed by atoms with van der Waals surface area (Å²) in [4.78, 5) is 13.4. The Bertz CT molecular complexity index is 379. The summed E-state index contributed by atoms with van der Waals surface area (Å²) in [6, 6.07) is 7.73. The van der Waals surface area contributed by atoms with Crippen LogP contribution in [-0.4, -0.2) is 42.2 Å². The molecule has 4 heteroatoms. The fourth-order valence-corrected chi connectivity index (χ4v) is 1.70. The van der Waals surface area contributed by atoms with E-state index < -0.39 is 0 Å². The van der Waals surface area contributed by atoms with Gasteiger partial charge in [-0.1, -0.05) is 18.2 Å². The van der Waals surface area contributed by atoms with Crippen LogP contribution in [0, 0.1) is 6.92 Å². The summed E-state index contributed by atoms with van der Waals surface area (Å²) in [5.74, 6) is 0.829. The zero-order chi connectivity index (χ0) is 13.4. The number of carbonyl (C=O) groups is 1. The minimum atomic E-state index is -0.00176. The number of para-hydroxylation sites is 1. The van der Waals surface area contributed by atoms with E-state index in [1.807, 2.05) is 38.1 Å². The van der Waals surface area contributed by atoms with Crippen molar-refractivity contribution in [3.05, 3.63) is 29.8 Å². The molecule has 0 radical (unpaired) electrons. The van der Waals surface area contributed by atoms with Gasteiger partial charge < -0.3 is 14.7 Å².